The number of piperidine rings is 1. The molecule has 6 nitrogen and oxygen atoms in total. The lowest BCUT2D eigenvalue weighted by atomic mass is 9.96. The molecule has 0 spiro atoms. The van der Waals surface area contributed by atoms with Gasteiger partial charge in [0, 0.05) is 43.8 Å². The Hall–Kier alpha value is -2.11. The minimum Gasteiger partial charge on any atom is -0.340 e. The molecule has 6 heteroatoms. The number of hydrogen-bond acceptors (Lipinski definition) is 3. The highest BCUT2D eigenvalue weighted by atomic mass is 16.2. The number of carbonyl (C=O) groups excluding carboxylic acids is 1. The Bertz CT molecular complexity index is 688. The van der Waals surface area contributed by atoms with Crippen LogP contribution in [-0.4, -0.2) is 43.5 Å². The summed E-state index contributed by atoms with van der Waals surface area (Å²) in [5.41, 5.74) is 3.09. The largest absolute Gasteiger partial charge is 0.340 e. The lowest BCUT2D eigenvalue weighted by Crippen LogP contribution is -2.42. The summed E-state index contributed by atoms with van der Waals surface area (Å²) >= 11 is 0. The molecular formula is C17H25N5O. The molecular weight excluding hydrogens is 290 g/mol. The molecule has 2 aromatic rings. The van der Waals surface area contributed by atoms with Crippen molar-refractivity contribution in [3.05, 3.63) is 35.4 Å². The minimum atomic E-state index is -0.153. The first-order valence-corrected chi connectivity index (χ1v) is 8.27. The van der Waals surface area contributed by atoms with Gasteiger partial charge in [-0.15, -0.1) is 0 Å². The third kappa shape index (κ3) is 2.90. The van der Waals surface area contributed by atoms with Gasteiger partial charge in [-0.05, 0) is 39.7 Å². The van der Waals surface area contributed by atoms with E-state index in [2.05, 4.69) is 10.2 Å². The third-order valence-corrected chi connectivity index (χ3v) is 4.98. The molecule has 1 aliphatic heterocycles. The summed E-state index contributed by atoms with van der Waals surface area (Å²) in [6, 6.07) is 2.22. The van der Waals surface area contributed by atoms with E-state index < -0.39 is 0 Å². The summed E-state index contributed by atoms with van der Waals surface area (Å²) < 4.78 is 3.84. The molecule has 0 radical (unpaired) electrons. The van der Waals surface area contributed by atoms with E-state index >= 15 is 0 Å². The molecule has 3 rings (SSSR count). The van der Waals surface area contributed by atoms with Crippen molar-refractivity contribution in [2.45, 2.75) is 45.6 Å². The molecule has 2 atom stereocenters. The number of nitrogens with zero attached hydrogens (tertiary/aromatic N) is 5. The van der Waals surface area contributed by atoms with E-state index in [9.17, 15) is 4.79 Å². The number of aryl methyl sites for hydroxylation is 2. The average Bonchev–Trinajstić information content (AvgIpc) is 3.16. The molecule has 2 aromatic heterocycles. The molecule has 1 fully saturated rings. The van der Waals surface area contributed by atoms with Gasteiger partial charge < -0.3 is 4.90 Å². The van der Waals surface area contributed by atoms with Gasteiger partial charge in [0.15, 0.2) is 0 Å². The van der Waals surface area contributed by atoms with Crippen molar-refractivity contribution < 1.29 is 4.79 Å². The van der Waals surface area contributed by atoms with Crippen LogP contribution in [-0.2, 0) is 11.8 Å². The van der Waals surface area contributed by atoms with Crippen LogP contribution >= 0.6 is 0 Å². The Balaban J connectivity index is 1.77. The Kier molecular flexibility index (Phi) is 4.24. The summed E-state index contributed by atoms with van der Waals surface area (Å²) in [7, 11) is 1.93. The summed E-state index contributed by atoms with van der Waals surface area (Å²) in [4.78, 5) is 15.0. The maximum Gasteiger partial charge on any atom is 0.230 e. The van der Waals surface area contributed by atoms with E-state index in [0.29, 0.717) is 0 Å². The van der Waals surface area contributed by atoms with Gasteiger partial charge in [0.05, 0.1) is 17.7 Å². The summed E-state index contributed by atoms with van der Waals surface area (Å²) in [5, 5.41) is 8.78. The number of hydrogen-bond donors (Lipinski definition) is 0. The van der Waals surface area contributed by atoms with Crippen LogP contribution < -0.4 is 0 Å². The monoisotopic (exact) mass is 315 g/mol. The van der Waals surface area contributed by atoms with Crippen LogP contribution in [0.25, 0.3) is 0 Å². The zero-order valence-electron chi connectivity index (χ0n) is 14.4. The predicted octanol–water partition coefficient (Wildman–Crippen LogP) is 2.20. The highest BCUT2D eigenvalue weighted by Crippen LogP contribution is 2.28. The van der Waals surface area contributed by atoms with Gasteiger partial charge in [0.1, 0.15) is 0 Å². The molecule has 1 amide bonds. The second-order valence-electron chi connectivity index (χ2n) is 6.50. The molecule has 0 N–H and O–H groups in total. The molecule has 1 aliphatic rings. The second-order valence-corrected chi connectivity index (χ2v) is 6.50. The Morgan fingerprint density at radius 3 is 2.78 bits per heavy atom. The average molecular weight is 315 g/mol. The van der Waals surface area contributed by atoms with E-state index in [1.54, 1.807) is 6.20 Å². The number of carbonyl (C=O) groups is 1. The maximum atomic E-state index is 13.0. The second kappa shape index (κ2) is 6.18. The molecule has 0 aromatic carbocycles. The SMILES string of the molecule is Cc1nn(C)c(C)c1[C@@H](C)C(=O)N1CCC[C@H](n2cccn2)C1. The zero-order valence-corrected chi connectivity index (χ0v) is 14.4. The van der Waals surface area contributed by atoms with Crippen molar-refractivity contribution in [1.82, 2.24) is 24.5 Å². The molecule has 0 bridgehead atoms. The van der Waals surface area contributed by atoms with E-state index in [1.807, 2.05) is 54.3 Å². The maximum absolute atomic E-state index is 13.0. The fraction of sp³-hybridized carbons (Fsp3) is 0.588. The number of aromatic nitrogens is 4. The standard InChI is InChI=1S/C17H25N5O/c1-12(16-13(2)19-20(4)14(16)3)17(23)21-9-5-7-15(11-21)22-10-6-8-18-22/h6,8,10,12,15H,5,7,9,11H2,1-4H3/t12-,15+/m1/s1. The number of rotatable bonds is 3. The van der Waals surface area contributed by atoms with Gasteiger partial charge in [-0.1, -0.05) is 0 Å². The van der Waals surface area contributed by atoms with Crippen molar-refractivity contribution >= 4 is 5.91 Å². The quantitative estimate of drug-likeness (QED) is 0.872. The fourth-order valence-electron chi connectivity index (χ4n) is 3.68. The fourth-order valence-corrected chi connectivity index (χ4v) is 3.68. The van der Waals surface area contributed by atoms with Crippen molar-refractivity contribution in [1.29, 1.82) is 0 Å². The van der Waals surface area contributed by atoms with Crippen LogP contribution in [0.2, 0.25) is 0 Å². The first-order chi connectivity index (χ1) is 11.0. The van der Waals surface area contributed by atoms with Crippen LogP contribution in [0.1, 0.15) is 48.7 Å². The van der Waals surface area contributed by atoms with E-state index in [1.165, 1.54) is 0 Å². The molecule has 0 saturated carbocycles. The Morgan fingerprint density at radius 1 is 1.39 bits per heavy atom. The third-order valence-electron chi connectivity index (χ3n) is 4.98. The lowest BCUT2D eigenvalue weighted by molar-refractivity contribution is -0.134. The highest BCUT2D eigenvalue weighted by Gasteiger charge is 2.30. The van der Waals surface area contributed by atoms with Gasteiger partial charge in [-0.3, -0.25) is 14.2 Å². The van der Waals surface area contributed by atoms with Gasteiger partial charge in [-0.2, -0.15) is 10.2 Å². The first-order valence-electron chi connectivity index (χ1n) is 8.27. The number of amides is 1. The van der Waals surface area contributed by atoms with E-state index in [-0.39, 0.29) is 17.9 Å². The van der Waals surface area contributed by atoms with Crippen LogP contribution in [0.15, 0.2) is 18.5 Å². The smallest absolute Gasteiger partial charge is 0.230 e. The van der Waals surface area contributed by atoms with Gasteiger partial charge in [0.2, 0.25) is 5.91 Å². The van der Waals surface area contributed by atoms with Gasteiger partial charge in [0.25, 0.3) is 0 Å². The molecule has 3 heterocycles. The predicted molar refractivity (Wildman–Crippen MR) is 88.2 cm³/mol. The van der Waals surface area contributed by atoms with Crippen LogP contribution in [0, 0.1) is 13.8 Å². The molecule has 124 valence electrons. The minimum absolute atomic E-state index is 0.153. The van der Waals surface area contributed by atoms with Crippen molar-refractivity contribution in [3.8, 4) is 0 Å². The molecule has 0 unspecified atom stereocenters. The lowest BCUT2D eigenvalue weighted by Gasteiger charge is -2.34. The normalized spacial score (nSPS) is 19.8. The van der Waals surface area contributed by atoms with Gasteiger partial charge >= 0.3 is 0 Å². The molecule has 23 heavy (non-hydrogen) atoms. The van der Waals surface area contributed by atoms with Crippen LogP contribution in [0.5, 0.6) is 0 Å². The summed E-state index contributed by atoms with van der Waals surface area (Å²) in [6.07, 6.45) is 5.88. The Morgan fingerprint density at radius 2 is 2.17 bits per heavy atom. The molecule has 0 aliphatic carbocycles. The molecule has 1 saturated heterocycles. The van der Waals surface area contributed by atoms with Gasteiger partial charge in [-0.25, -0.2) is 0 Å². The van der Waals surface area contributed by atoms with Crippen molar-refractivity contribution in [3.63, 3.8) is 0 Å². The summed E-state index contributed by atoms with van der Waals surface area (Å²) in [5.74, 6) is 0.0427. The topological polar surface area (TPSA) is 56.0 Å². The zero-order chi connectivity index (χ0) is 16.6. The van der Waals surface area contributed by atoms with E-state index in [4.69, 9.17) is 0 Å². The number of likely N-dealkylation sites (tertiary alicyclic amines) is 1. The first kappa shape index (κ1) is 15.8. The van der Waals surface area contributed by atoms with Crippen molar-refractivity contribution in [2.75, 3.05) is 13.1 Å². The van der Waals surface area contributed by atoms with Crippen molar-refractivity contribution in [2.24, 2.45) is 7.05 Å². The van der Waals surface area contributed by atoms with E-state index in [0.717, 1.165) is 42.9 Å². The summed E-state index contributed by atoms with van der Waals surface area (Å²) in [6.45, 7) is 7.58. The Labute approximate surface area is 137 Å². The van der Waals surface area contributed by atoms with Crippen LogP contribution in [0.4, 0.5) is 0 Å². The van der Waals surface area contributed by atoms with Crippen LogP contribution in [0.3, 0.4) is 0 Å². The highest BCUT2D eigenvalue weighted by molar-refractivity contribution is 5.84.